The lowest BCUT2D eigenvalue weighted by Crippen LogP contribution is -2.31. The Morgan fingerprint density at radius 1 is 1.03 bits per heavy atom. The van der Waals surface area contributed by atoms with E-state index in [1.807, 2.05) is 0 Å². The van der Waals surface area contributed by atoms with Gasteiger partial charge in [-0.05, 0) is 42.8 Å². The molecule has 29 heavy (non-hydrogen) atoms. The lowest BCUT2D eigenvalue weighted by atomic mass is 10.1. The molecular weight excluding hydrogens is 404 g/mol. The number of carbonyl (C=O) groups is 2. The number of imide groups is 1. The number of fused-ring (bicyclic) bond motifs is 1. The Morgan fingerprint density at radius 2 is 1.79 bits per heavy atom. The van der Waals surface area contributed by atoms with Gasteiger partial charge in [-0.15, -0.1) is 21.5 Å². The molecule has 1 saturated carbocycles. The van der Waals surface area contributed by atoms with Crippen LogP contribution in [0.2, 0.25) is 0 Å². The third-order valence-electron chi connectivity index (χ3n) is 5.20. The Morgan fingerprint density at radius 3 is 2.45 bits per heavy atom. The van der Waals surface area contributed by atoms with Gasteiger partial charge >= 0.3 is 0 Å². The molecule has 3 heterocycles. The van der Waals surface area contributed by atoms with E-state index in [-0.39, 0.29) is 11.8 Å². The molecule has 1 fully saturated rings. The van der Waals surface area contributed by atoms with Gasteiger partial charge < -0.3 is 4.57 Å². The number of hydrogen-bond donors (Lipinski definition) is 0. The summed E-state index contributed by atoms with van der Waals surface area (Å²) in [4.78, 5) is 27.6. The van der Waals surface area contributed by atoms with E-state index in [0.29, 0.717) is 23.7 Å². The zero-order valence-corrected chi connectivity index (χ0v) is 17.4. The number of aromatic nitrogens is 3. The second kappa shape index (κ2) is 7.76. The van der Waals surface area contributed by atoms with E-state index in [1.165, 1.54) is 22.6 Å². The van der Waals surface area contributed by atoms with E-state index in [1.54, 1.807) is 47.4 Å². The van der Waals surface area contributed by atoms with Crippen LogP contribution < -0.4 is 0 Å². The molecule has 3 aromatic rings. The van der Waals surface area contributed by atoms with Crippen LogP contribution in [0.15, 0.2) is 46.9 Å². The minimum atomic E-state index is -0.185. The zero-order valence-electron chi connectivity index (χ0n) is 15.8. The molecule has 0 atom stereocenters. The van der Waals surface area contributed by atoms with Crippen molar-refractivity contribution in [1.82, 2.24) is 19.7 Å². The lowest BCUT2D eigenvalue weighted by Gasteiger charge is -2.13. The summed E-state index contributed by atoms with van der Waals surface area (Å²) in [5.41, 5.74) is 1.02. The molecule has 2 aromatic heterocycles. The van der Waals surface area contributed by atoms with Gasteiger partial charge in [0.05, 0.1) is 11.1 Å². The van der Waals surface area contributed by atoms with Gasteiger partial charge in [0.2, 0.25) is 0 Å². The number of nitrogens with zero attached hydrogens (tertiary/aromatic N) is 4. The summed E-state index contributed by atoms with van der Waals surface area (Å²) in [5.74, 6) is 1.44. The molecule has 0 unspecified atom stereocenters. The standard InChI is InChI=1S/C21H20N4O2S2/c26-19-16-6-1-2-7-17(16)20(27)24(19)10-4-12-29-21-23-22-18(25(21)14-8-9-14)13-15-5-3-11-28-15/h1-3,5-7,11,14H,4,8-10,12-13H2. The normalized spacial score (nSPS) is 15.9. The summed E-state index contributed by atoms with van der Waals surface area (Å²) in [7, 11) is 0. The minimum absolute atomic E-state index is 0.185. The largest absolute Gasteiger partial charge is 0.303 e. The average molecular weight is 425 g/mol. The van der Waals surface area contributed by atoms with Crippen molar-refractivity contribution in [2.75, 3.05) is 12.3 Å². The zero-order chi connectivity index (χ0) is 19.8. The predicted octanol–water partition coefficient (Wildman–Crippen LogP) is 4.04. The molecule has 0 spiro atoms. The van der Waals surface area contributed by atoms with Gasteiger partial charge in [-0.25, -0.2) is 0 Å². The fraction of sp³-hybridized carbons (Fsp3) is 0.333. The highest BCUT2D eigenvalue weighted by molar-refractivity contribution is 7.99. The third kappa shape index (κ3) is 3.62. The van der Waals surface area contributed by atoms with Crippen LogP contribution in [-0.2, 0) is 6.42 Å². The van der Waals surface area contributed by atoms with Crippen molar-refractivity contribution in [2.45, 2.75) is 36.9 Å². The van der Waals surface area contributed by atoms with Gasteiger partial charge in [-0.3, -0.25) is 14.5 Å². The second-order valence-electron chi connectivity index (χ2n) is 7.27. The summed E-state index contributed by atoms with van der Waals surface area (Å²) < 4.78 is 2.28. The van der Waals surface area contributed by atoms with E-state index in [9.17, 15) is 9.59 Å². The van der Waals surface area contributed by atoms with Crippen molar-refractivity contribution in [3.63, 3.8) is 0 Å². The van der Waals surface area contributed by atoms with Crippen molar-refractivity contribution < 1.29 is 9.59 Å². The molecule has 2 aliphatic rings. The SMILES string of the molecule is O=C1c2ccccc2C(=O)N1CCCSc1nnc(Cc2cccs2)n1C1CC1. The lowest BCUT2D eigenvalue weighted by molar-refractivity contribution is 0.0655. The number of thiophene rings is 1. The third-order valence-corrected chi connectivity index (χ3v) is 7.10. The Labute approximate surface area is 176 Å². The number of amides is 2. The number of benzene rings is 1. The van der Waals surface area contributed by atoms with Gasteiger partial charge in [0.1, 0.15) is 5.82 Å². The van der Waals surface area contributed by atoms with Crippen molar-refractivity contribution in [1.29, 1.82) is 0 Å². The Balaban J connectivity index is 1.20. The molecule has 8 heteroatoms. The van der Waals surface area contributed by atoms with Gasteiger partial charge in [-0.2, -0.15) is 0 Å². The number of hydrogen-bond acceptors (Lipinski definition) is 6. The molecule has 5 rings (SSSR count). The first-order valence-electron chi connectivity index (χ1n) is 9.76. The highest BCUT2D eigenvalue weighted by Gasteiger charge is 2.34. The first-order valence-corrected chi connectivity index (χ1v) is 11.6. The van der Waals surface area contributed by atoms with Crippen molar-refractivity contribution in [3.05, 3.63) is 63.6 Å². The van der Waals surface area contributed by atoms with Crippen molar-refractivity contribution >= 4 is 34.9 Å². The molecule has 1 aliphatic heterocycles. The van der Waals surface area contributed by atoms with E-state index in [2.05, 4.69) is 32.3 Å². The van der Waals surface area contributed by atoms with Crippen molar-refractivity contribution in [2.24, 2.45) is 0 Å². The van der Waals surface area contributed by atoms with Gasteiger partial charge in [-0.1, -0.05) is 30.0 Å². The molecule has 0 radical (unpaired) electrons. The quantitative estimate of drug-likeness (QED) is 0.310. The number of thioether (sulfide) groups is 1. The van der Waals surface area contributed by atoms with E-state index < -0.39 is 0 Å². The Bertz CT molecular complexity index is 1020. The summed E-state index contributed by atoms with van der Waals surface area (Å²) >= 11 is 3.40. The fourth-order valence-electron chi connectivity index (χ4n) is 3.62. The van der Waals surface area contributed by atoms with E-state index >= 15 is 0 Å². The van der Waals surface area contributed by atoms with Crippen LogP contribution in [0.25, 0.3) is 0 Å². The molecule has 148 valence electrons. The predicted molar refractivity (Wildman–Crippen MR) is 113 cm³/mol. The maximum Gasteiger partial charge on any atom is 0.261 e. The van der Waals surface area contributed by atoms with E-state index in [4.69, 9.17) is 0 Å². The van der Waals surface area contributed by atoms with Gasteiger partial charge in [0, 0.05) is 29.6 Å². The maximum absolute atomic E-state index is 12.5. The van der Waals surface area contributed by atoms with Crippen molar-refractivity contribution in [3.8, 4) is 0 Å². The van der Waals surface area contributed by atoms with Gasteiger partial charge in [0.15, 0.2) is 5.16 Å². The molecule has 0 bridgehead atoms. The fourth-order valence-corrected chi connectivity index (χ4v) is 5.27. The number of carbonyl (C=O) groups excluding carboxylic acids is 2. The van der Waals surface area contributed by atoms with Crippen LogP contribution in [0, 0.1) is 0 Å². The topological polar surface area (TPSA) is 68.1 Å². The monoisotopic (exact) mass is 424 g/mol. The van der Waals surface area contributed by atoms with E-state index in [0.717, 1.165) is 29.6 Å². The Kier molecular flexibility index (Phi) is 4.97. The van der Waals surface area contributed by atoms with Crippen LogP contribution in [0.1, 0.15) is 56.7 Å². The average Bonchev–Trinajstić information content (AvgIpc) is 3.19. The first kappa shape index (κ1) is 18.6. The summed E-state index contributed by atoms with van der Waals surface area (Å²) in [6.07, 6.45) is 3.90. The summed E-state index contributed by atoms with van der Waals surface area (Å²) in [6, 6.07) is 11.7. The van der Waals surface area contributed by atoms with Crippen LogP contribution in [0.5, 0.6) is 0 Å². The van der Waals surface area contributed by atoms with Crippen LogP contribution in [-0.4, -0.2) is 43.8 Å². The maximum atomic E-state index is 12.5. The molecule has 2 amide bonds. The second-order valence-corrected chi connectivity index (χ2v) is 9.36. The smallest absolute Gasteiger partial charge is 0.261 e. The highest BCUT2D eigenvalue weighted by atomic mass is 32.2. The number of rotatable bonds is 8. The molecule has 1 aliphatic carbocycles. The van der Waals surface area contributed by atoms with Crippen LogP contribution in [0.4, 0.5) is 0 Å². The summed E-state index contributed by atoms with van der Waals surface area (Å²) in [5, 5.41) is 11.9. The van der Waals surface area contributed by atoms with Gasteiger partial charge in [0.25, 0.3) is 11.8 Å². The molecule has 0 N–H and O–H groups in total. The van der Waals surface area contributed by atoms with Crippen LogP contribution in [0.3, 0.4) is 0 Å². The molecule has 0 saturated heterocycles. The minimum Gasteiger partial charge on any atom is -0.303 e. The Hall–Kier alpha value is -2.45. The first-order chi connectivity index (χ1) is 14.2. The summed E-state index contributed by atoms with van der Waals surface area (Å²) in [6.45, 7) is 0.430. The molecule has 6 nitrogen and oxygen atoms in total. The molecular formula is C21H20N4O2S2. The molecule has 1 aromatic carbocycles. The van der Waals surface area contributed by atoms with Crippen LogP contribution >= 0.6 is 23.1 Å². The highest BCUT2D eigenvalue weighted by Crippen LogP contribution is 2.39.